The highest BCUT2D eigenvalue weighted by atomic mass is 16.5. The third kappa shape index (κ3) is 4.09. The summed E-state index contributed by atoms with van der Waals surface area (Å²) in [5.41, 5.74) is 4.21. The molecule has 3 aromatic rings. The second-order valence-corrected chi connectivity index (χ2v) is 6.18. The van der Waals surface area contributed by atoms with E-state index < -0.39 is 11.2 Å². The zero-order chi connectivity index (χ0) is 20.1. The maximum absolute atomic E-state index is 12.3. The topological polar surface area (TPSA) is 106 Å². The van der Waals surface area contributed by atoms with E-state index in [-0.39, 0.29) is 11.2 Å². The Hall–Kier alpha value is -3.46. The van der Waals surface area contributed by atoms with E-state index in [4.69, 9.17) is 4.74 Å². The molecule has 0 fully saturated rings. The molecule has 0 radical (unpaired) electrons. The molecule has 2 heterocycles. The summed E-state index contributed by atoms with van der Waals surface area (Å²) >= 11 is 0. The molecule has 146 valence electrons. The zero-order valence-corrected chi connectivity index (χ0v) is 16.0. The van der Waals surface area contributed by atoms with Gasteiger partial charge in [-0.15, -0.1) is 0 Å². The number of aromatic nitrogens is 4. The lowest BCUT2D eigenvalue weighted by atomic mass is 10.2. The molecule has 0 unspecified atom stereocenters. The lowest BCUT2D eigenvalue weighted by Crippen LogP contribution is -2.29. The Kier molecular flexibility index (Phi) is 5.85. The number of nitrogens with zero attached hydrogens (tertiary/aromatic N) is 4. The van der Waals surface area contributed by atoms with Gasteiger partial charge in [0, 0.05) is 20.7 Å². The van der Waals surface area contributed by atoms with Crippen molar-refractivity contribution in [1.82, 2.24) is 19.1 Å². The zero-order valence-electron chi connectivity index (χ0n) is 16.0. The number of anilines is 1. The van der Waals surface area contributed by atoms with Crippen molar-refractivity contribution in [3.8, 4) is 0 Å². The number of hydrogen-bond donors (Lipinski definition) is 2. The molecule has 28 heavy (non-hydrogen) atoms. The van der Waals surface area contributed by atoms with Gasteiger partial charge in [0.1, 0.15) is 0 Å². The molecule has 2 N–H and O–H groups in total. The van der Waals surface area contributed by atoms with Crippen LogP contribution in [0.5, 0.6) is 0 Å². The first-order chi connectivity index (χ1) is 13.5. The smallest absolute Gasteiger partial charge is 0.329 e. The summed E-state index contributed by atoms with van der Waals surface area (Å²) in [6, 6.07) is 9.87. The van der Waals surface area contributed by atoms with E-state index in [0.717, 1.165) is 11.3 Å². The number of aromatic amines is 1. The Morgan fingerprint density at radius 1 is 1.32 bits per heavy atom. The Morgan fingerprint density at radius 2 is 2.07 bits per heavy atom. The molecule has 1 aromatic carbocycles. The maximum atomic E-state index is 12.3. The number of methoxy groups -OCH3 is 1. The van der Waals surface area contributed by atoms with Crippen LogP contribution in [0.4, 0.5) is 5.95 Å². The minimum absolute atomic E-state index is 0.278. The van der Waals surface area contributed by atoms with Gasteiger partial charge in [-0.1, -0.05) is 36.4 Å². The highest BCUT2D eigenvalue weighted by molar-refractivity contribution is 5.96. The minimum Gasteiger partial charge on any atom is -0.383 e. The van der Waals surface area contributed by atoms with Gasteiger partial charge in [0.2, 0.25) is 5.95 Å². The standard InChI is InChI=1S/C19H22N6O3/c1-13(9-10-14-7-5-4-6-8-14)22-23-18-20-16-15(25(18)11-12-28-3)17(26)21-19(27)24(16)2/h4-10H,11-12H2,1-3H3,(H,20,23)(H,21,26,27)/b10-9+,22-13+. The molecule has 9 heteroatoms. The fraction of sp³-hybridized carbons (Fsp3) is 0.263. The van der Waals surface area contributed by atoms with Gasteiger partial charge in [-0.25, -0.2) is 10.2 Å². The Morgan fingerprint density at radius 3 is 2.79 bits per heavy atom. The number of imidazole rings is 1. The van der Waals surface area contributed by atoms with Gasteiger partial charge in [-0.3, -0.25) is 14.3 Å². The molecule has 0 aliphatic heterocycles. The third-order valence-corrected chi connectivity index (χ3v) is 4.17. The van der Waals surface area contributed by atoms with Gasteiger partial charge < -0.3 is 9.30 Å². The van der Waals surface area contributed by atoms with Gasteiger partial charge in [0.25, 0.3) is 5.56 Å². The summed E-state index contributed by atoms with van der Waals surface area (Å²) in [5, 5.41) is 4.31. The number of fused-ring (bicyclic) bond motifs is 1. The van der Waals surface area contributed by atoms with E-state index in [1.807, 2.05) is 49.4 Å². The molecular weight excluding hydrogens is 360 g/mol. The number of hydrogen-bond acceptors (Lipinski definition) is 6. The second-order valence-electron chi connectivity index (χ2n) is 6.18. The van der Waals surface area contributed by atoms with Crippen molar-refractivity contribution in [3.63, 3.8) is 0 Å². The van der Waals surface area contributed by atoms with Crippen LogP contribution in [-0.4, -0.2) is 38.5 Å². The molecular formula is C19H22N6O3. The van der Waals surface area contributed by atoms with Crippen LogP contribution in [-0.2, 0) is 18.3 Å². The summed E-state index contributed by atoms with van der Waals surface area (Å²) < 4.78 is 8.06. The van der Waals surface area contributed by atoms with Gasteiger partial charge in [0.15, 0.2) is 11.2 Å². The van der Waals surface area contributed by atoms with Crippen LogP contribution in [0.15, 0.2) is 51.1 Å². The number of rotatable bonds is 7. The third-order valence-electron chi connectivity index (χ3n) is 4.17. The molecule has 0 saturated heterocycles. The molecule has 0 spiro atoms. The van der Waals surface area contributed by atoms with Crippen LogP contribution in [0.1, 0.15) is 12.5 Å². The number of hydrazone groups is 1. The van der Waals surface area contributed by atoms with E-state index >= 15 is 0 Å². The Labute approximate surface area is 161 Å². The summed E-state index contributed by atoms with van der Waals surface area (Å²) in [6.07, 6.45) is 3.82. The van der Waals surface area contributed by atoms with Crippen LogP contribution in [0.25, 0.3) is 17.2 Å². The molecule has 9 nitrogen and oxygen atoms in total. The van der Waals surface area contributed by atoms with E-state index in [9.17, 15) is 9.59 Å². The van der Waals surface area contributed by atoms with E-state index in [2.05, 4.69) is 20.5 Å². The molecule has 0 saturated carbocycles. The van der Waals surface area contributed by atoms with Crippen molar-refractivity contribution < 1.29 is 4.74 Å². The fourth-order valence-electron chi connectivity index (χ4n) is 2.68. The van der Waals surface area contributed by atoms with Crippen LogP contribution >= 0.6 is 0 Å². The van der Waals surface area contributed by atoms with Crippen LogP contribution in [0.3, 0.4) is 0 Å². The molecule has 2 aromatic heterocycles. The first-order valence-electron chi connectivity index (χ1n) is 8.73. The first-order valence-corrected chi connectivity index (χ1v) is 8.73. The monoisotopic (exact) mass is 382 g/mol. The fourth-order valence-corrected chi connectivity index (χ4v) is 2.68. The molecule has 0 aliphatic carbocycles. The van der Waals surface area contributed by atoms with Crippen LogP contribution in [0, 0.1) is 0 Å². The number of aryl methyl sites for hydroxylation is 1. The highest BCUT2D eigenvalue weighted by Gasteiger charge is 2.16. The highest BCUT2D eigenvalue weighted by Crippen LogP contribution is 2.15. The normalized spacial score (nSPS) is 12.2. The minimum atomic E-state index is -0.522. The SMILES string of the molecule is COCCn1c(N/N=C(C)/C=C/c2ccccc2)nc2c1c(=O)[nH]c(=O)n2C. The Bertz CT molecular complexity index is 1140. The maximum Gasteiger partial charge on any atom is 0.329 e. The Balaban J connectivity index is 1.94. The average molecular weight is 382 g/mol. The van der Waals surface area contributed by atoms with Crippen molar-refractivity contribution in [3.05, 3.63) is 62.8 Å². The van der Waals surface area contributed by atoms with Crippen molar-refractivity contribution in [2.45, 2.75) is 13.5 Å². The summed E-state index contributed by atoms with van der Waals surface area (Å²) in [4.78, 5) is 30.8. The van der Waals surface area contributed by atoms with Crippen molar-refractivity contribution in [1.29, 1.82) is 0 Å². The van der Waals surface area contributed by atoms with Gasteiger partial charge in [-0.2, -0.15) is 10.1 Å². The van der Waals surface area contributed by atoms with Crippen molar-refractivity contribution in [2.75, 3.05) is 19.1 Å². The number of H-pyrrole nitrogens is 1. The molecule has 0 amide bonds. The van der Waals surface area contributed by atoms with E-state index in [0.29, 0.717) is 19.1 Å². The molecule has 0 atom stereocenters. The number of nitrogens with one attached hydrogen (secondary N) is 2. The largest absolute Gasteiger partial charge is 0.383 e. The lowest BCUT2D eigenvalue weighted by Gasteiger charge is -2.07. The quantitative estimate of drug-likeness (QED) is 0.477. The van der Waals surface area contributed by atoms with Gasteiger partial charge in [0.05, 0.1) is 12.3 Å². The predicted octanol–water partition coefficient (Wildman–Crippen LogP) is 1.57. The van der Waals surface area contributed by atoms with Crippen LogP contribution in [0.2, 0.25) is 0 Å². The van der Waals surface area contributed by atoms with Gasteiger partial charge in [-0.05, 0) is 18.6 Å². The van der Waals surface area contributed by atoms with Gasteiger partial charge >= 0.3 is 5.69 Å². The first kappa shape index (κ1) is 19.3. The number of ether oxygens (including phenoxy) is 1. The predicted molar refractivity (Wildman–Crippen MR) is 110 cm³/mol. The average Bonchev–Trinajstić information content (AvgIpc) is 3.07. The van der Waals surface area contributed by atoms with E-state index in [1.165, 1.54) is 4.57 Å². The molecule has 0 aliphatic rings. The molecule has 3 rings (SSSR count). The lowest BCUT2D eigenvalue weighted by molar-refractivity contribution is 0.188. The van der Waals surface area contributed by atoms with E-state index in [1.54, 1.807) is 18.7 Å². The second kappa shape index (κ2) is 8.49. The van der Waals surface area contributed by atoms with Crippen LogP contribution < -0.4 is 16.7 Å². The number of allylic oxidation sites excluding steroid dienone is 1. The van der Waals surface area contributed by atoms with Crippen molar-refractivity contribution >= 4 is 28.9 Å². The number of benzene rings is 1. The van der Waals surface area contributed by atoms with Crippen molar-refractivity contribution in [2.24, 2.45) is 12.1 Å². The molecule has 0 bridgehead atoms. The summed E-state index contributed by atoms with van der Waals surface area (Å²) in [7, 11) is 3.12. The summed E-state index contributed by atoms with van der Waals surface area (Å²) in [6.45, 7) is 2.60. The summed E-state index contributed by atoms with van der Waals surface area (Å²) in [5.74, 6) is 0.353.